The molecule has 0 aliphatic heterocycles. The predicted molar refractivity (Wildman–Crippen MR) is 77.3 cm³/mol. The predicted octanol–water partition coefficient (Wildman–Crippen LogP) is 2.74. The van der Waals surface area contributed by atoms with Crippen LogP contribution in [0.4, 0.5) is 0 Å². The maximum atomic E-state index is 11.2. The fourth-order valence-corrected chi connectivity index (χ4v) is 2.72. The summed E-state index contributed by atoms with van der Waals surface area (Å²) in [5.41, 5.74) is 2.67. The van der Waals surface area contributed by atoms with E-state index in [4.69, 9.17) is 22.2 Å². The number of nitrogen functional groups attached to an aromatic ring is 1. The van der Waals surface area contributed by atoms with Crippen LogP contribution in [0, 0.1) is 0 Å². The first-order valence-corrected chi connectivity index (χ1v) is 7.18. The standard InChI is InChI=1S/C11H9BrClN3O2S/c12-6-1-2-9(8(13)3-6)18-4-7-5-19-11(15-7)10(17)16-14/h1-3,5H,4,14H2,(H,16,17). The fraction of sp³-hybridized carbons (Fsp3) is 0.0909. The van der Waals surface area contributed by atoms with E-state index in [0.29, 0.717) is 21.5 Å². The number of rotatable bonds is 4. The van der Waals surface area contributed by atoms with Crippen LogP contribution in [0.15, 0.2) is 28.1 Å². The molecule has 0 saturated heterocycles. The zero-order chi connectivity index (χ0) is 13.8. The number of thiazole rings is 1. The minimum Gasteiger partial charge on any atom is -0.486 e. The number of hydrogen-bond acceptors (Lipinski definition) is 5. The summed E-state index contributed by atoms with van der Waals surface area (Å²) in [5.74, 6) is 5.17. The van der Waals surface area contributed by atoms with Crippen LogP contribution in [0.2, 0.25) is 5.02 Å². The Balaban J connectivity index is 2.02. The minimum absolute atomic E-state index is 0.232. The van der Waals surface area contributed by atoms with Crippen LogP contribution in [0.3, 0.4) is 0 Å². The molecule has 0 aliphatic carbocycles. The van der Waals surface area contributed by atoms with E-state index in [1.54, 1.807) is 17.5 Å². The molecular formula is C11H9BrClN3O2S. The molecule has 0 atom stereocenters. The van der Waals surface area contributed by atoms with Gasteiger partial charge in [-0.1, -0.05) is 27.5 Å². The van der Waals surface area contributed by atoms with Crippen molar-refractivity contribution in [2.45, 2.75) is 6.61 Å². The van der Waals surface area contributed by atoms with Crippen molar-refractivity contribution in [3.63, 3.8) is 0 Å². The summed E-state index contributed by atoms with van der Waals surface area (Å²) in [5, 5.41) is 2.53. The Morgan fingerprint density at radius 1 is 1.58 bits per heavy atom. The average molecular weight is 363 g/mol. The van der Waals surface area contributed by atoms with E-state index < -0.39 is 5.91 Å². The Hall–Kier alpha value is -1.15. The number of nitrogens with two attached hydrogens (primary N) is 1. The Kier molecular flexibility index (Phi) is 4.76. The average Bonchev–Trinajstić information content (AvgIpc) is 2.85. The largest absolute Gasteiger partial charge is 0.486 e. The van der Waals surface area contributed by atoms with E-state index in [9.17, 15) is 4.79 Å². The molecule has 0 fully saturated rings. The van der Waals surface area contributed by atoms with Gasteiger partial charge in [-0.15, -0.1) is 11.3 Å². The SMILES string of the molecule is NNC(=O)c1nc(COc2ccc(Br)cc2Cl)cs1. The minimum atomic E-state index is -0.419. The first kappa shape index (κ1) is 14.3. The third kappa shape index (κ3) is 3.66. The maximum absolute atomic E-state index is 11.2. The molecule has 0 spiro atoms. The van der Waals surface area contributed by atoms with E-state index in [1.807, 2.05) is 11.5 Å². The van der Waals surface area contributed by atoms with Gasteiger partial charge in [0.1, 0.15) is 12.4 Å². The molecule has 3 N–H and O–H groups in total. The highest BCUT2D eigenvalue weighted by Crippen LogP contribution is 2.28. The van der Waals surface area contributed by atoms with Crippen molar-refractivity contribution >= 4 is 44.8 Å². The molecule has 0 aliphatic rings. The number of hydrogen-bond donors (Lipinski definition) is 2. The lowest BCUT2D eigenvalue weighted by Crippen LogP contribution is -2.29. The first-order valence-electron chi connectivity index (χ1n) is 5.13. The van der Waals surface area contributed by atoms with Crippen molar-refractivity contribution in [1.82, 2.24) is 10.4 Å². The summed E-state index contributed by atoms with van der Waals surface area (Å²) in [6.45, 7) is 0.232. The number of benzene rings is 1. The van der Waals surface area contributed by atoms with Gasteiger partial charge < -0.3 is 4.74 Å². The molecule has 0 unspecified atom stereocenters. The first-order chi connectivity index (χ1) is 9.10. The summed E-state index contributed by atoms with van der Waals surface area (Å²) in [6.07, 6.45) is 0. The number of amides is 1. The Labute approximate surface area is 126 Å². The quantitative estimate of drug-likeness (QED) is 0.498. The van der Waals surface area contributed by atoms with Gasteiger partial charge in [-0.05, 0) is 18.2 Å². The zero-order valence-corrected chi connectivity index (χ0v) is 12.7. The number of aromatic nitrogens is 1. The van der Waals surface area contributed by atoms with Crippen molar-refractivity contribution in [3.05, 3.63) is 43.8 Å². The number of halogens is 2. The lowest BCUT2D eigenvalue weighted by molar-refractivity contribution is 0.0953. The fourth-order valence-electron chi connectivity index (χ4n) is 1.28. The molecule has 2 aromatic rings. The highest BCUT2D eigenvalue weighted by atomic mass is 79.9. The smallest absolute Gasteiger partial charge is 0.294 e. The number of carbonyl (C=O) groups excluding carboxylic acids is 1. The van der Waals surface area contributed by atoms with Gasteiger partial charge >= 0.3 is 0 Å². The van der Waals surface area contributed by atoms with Crippen molar-refractivity contribution in [2.75, 3.05) is 0 Å². The second-order valence-electron chi connectivity index (χ2n) is 3.48. The highest BCUT2D eigenvalue weighted by Gasteiger charge is 2.10. The second-order valence-corrected chi connectivity index (χ2v) is 5.66. The van der Waals surface area contributed by atoms with E-state index in [1.165, 1.54) is 11.3 Å². The van der Waals surface area contributed by atoms with E-state index in [2.05, 4.69) is 20.9 Å². The molecule has 100 valence electrons. The summed E-state index contributed by atoms with van der Waals surface area (Å²) < 4.78 is 6.41. The third-order valence-corrected chi connectivity index (χ3v) is 3.83. The van der Waals surface area contributed by atoms with Gasteiger partial charge in [-0.25, -0.2) is 10.8 Å². The molecular weight excluding hydrogens is 354 g/mol. The molecule has 8 heteroatoms. The monoisotopic (exact) mass is 361 g/mol. The molecule has 1 aromatic carbocycles. The van der Waals surface area contributed by atoms with Gasteiger partial charge in [0.15, 0.2) is 5.01 Å². The van der Waals surface area contributed by atoms with Crippen molar-refractivity contribution in [1.29, 1.82) is 0 Å². The normalized spacial score (nSPS) is 10.3. The maximum Gasteiger partial charge on any atom is 0.294 e. The molecule has 0 bridgehead atoms. The van der Waals surface area contributed by atoms with Gasteiger partial charge in [-0.3, -0.25) is 10.2 Å². The van der Waals surface area contributed by atoms with Crippen molar-refractivity contribution in [3.8, 4) is 5.75 Å². The van der Waals surface area contributed by atoms with Crippen molar-refractivity contribution < 1.29 is 9.53 Å². The summed E-state index contributed by atoms with van der Waals surface area (Å²) in [7, 11) is 0. The van der Waals surface area contributed by atoms with Gasteiger partial charge in [0.05, 0.1) is 10.7 Å². The Bertz CT molecular complexity index is 605. The topological polar surface area (TPSA) is 77.2 Å². The number of nitrogens with zero attached hydrogens (tertiary/aromatic N) is 1. The van der Waals surface area contributed by atoms with Gasteiger partial charge in [0, 0.05) is 9.85 Å². The van der Waals surface area contributed by atoms with E-state index >= 15 is 0 Å². The van der Waals surface area contributed by atoms with E-state index in [0.717, 1.165) is 4.47 Å². The lowest BCUT2D eigenvalue weighted by atomic mass is 10.3. The van der Waals surface area contributed by atoms with Crippen LogP contribution in [0.25, 0.3) is 0 Å². The third-order valence-electron chi connectivity index (χ3n) is 2.15. The summed E-state index contributed by atoms with van der Waals surface area (Å²) >= 11 is 10.5. The summed E-state index contributed by atoms with van der Waals surface area (Å²) in [6, 6.07) is 5.33. The van der Waals surface area contributed by atoms with Crippen LogP contribution in [-0.4, -0.2) is 10.9 Å². The lowest BCUT2D eigenvalue weighted by Gasteiger charge is -2.06. The number of ether oxygens (including phenoxy) is 1. The van der Waals surface area contributed by atoms with E-state index in [-0.39, 0.29) is 6.61 Å². The second kappa shape index (κ2) is 6.33. The Morgan fingerprint density at radius 3 is 3.05 bits per heavy atom. The van der Waals surface area contributed by atoms with Crippen molar-refractivity contribution in [2.24, 2.45) is 5.84 Å². The zero-order valence-electron chi connectivity index (χ0n) is 9.52. The molecule has 19 heavy (non-hydrogen) atoms. The van der Waals surface area contributed by atoms with Crippen LogP contribution in [-0.2, 0) is 6.61 Å². The van der Waals surface area contributed by atoms with Gasteiger partial charge in [0.25, 0.3) is 5.91 Å². The molecule has 2 rings (SSSR count). The molecule has 1 amide bonds. The molecule has 0 radical (unpaired) electrons. The number of nitrogens with one attached hydrogen (secondary N) is 1. The molecule has 0 saturated carbocycles. The van der Waals surface area contributed by atoms with Gasteiger partial charge in [0.2, 0.25) is 0 Å². The highest BCUT2D eigenvalue weighted by molar-refractivity contribution is 9.10. The van der Waals surface area contributed by atoms with Gasteiger partial charge in [-0.2, -0.15) is 0 Å². The molecule has 1 aromatic heterocycles. The van der Waals surface area contributed by atoms with Crippen LogP contribution >= 0.6 is 38.9 Å². The number of hydrazine groups is 1. The Morgan fingerprint density at radius 2 is 2.37 bits per heavy atom. The summed E-state index contributed by atoms with van der Waals surface area (Å²) in [4.78, 5) is 15.3. The number of carbonyl (C=O) groups is 1. The van der Waals surface area contributed by atoms with Crippen LogP contribution in [0.5, 0.6) is 5.75 Å². The van der Waals surface area contributed by atoms with Crippen LogP contribution in [0.1, 0.15) is 15.5 Å². The molecule has 1 heterocycles. The van der Waals surface area contributed by atoms with Crippen LogP contribution < -0.4 is 16.0 Å². The molecule has 5 nitrogen and oxygen atoms in total.